The van der Waals surface area contributed by atoms with Gasteiger partial charge in [0, 0.05) is 0 Å². The van der Waals surface area contributed by atoms with Gasteiger partial charge in [0.05, 0.1) is 33.9 Å². The summed E-state index contributed by atoms with van der Waals surface area (Å²) in [5.74, 6) is 0.573. The quantitative estimate of drug-likeness (QED) is 0.735. The summed E-state index contributed by atoms with van der Waals surface area (Å²) in [5.41, 5.74) is 3.62. The molecule has 0 unspecified atom stereocenters. The van der Waals surface area contributed by atoms with Gasteiger partial charge in [-0.3, -0.25) is 2.78 Å². The summed E-state index contributed by atoms with van der Waals surface area (Å²) < 4.78 is 2.01. The van der Waals surface area contributed by atoms with E-state index < -0.39 is 0 Å². The van der Waals surface area contributed by atoms with E-state index in [0.29, 0.717) is 5.92 Å². The van der Waals surface area contributed by atoms with E-state index >= 15 is 0 Å². The Morgan fingerprint density at radius 3 is 2.85 bits per heavy atom. The number of benzene rings is 1. The summed E-state index contributed by atoms with van der Waals surface area (Å²) in [6, 6.07) is 6.46. The molecule has 1 aromatic heterocycles. The van der Waals surface area contributed by atoms with E-state index in [9.17, 15) is 0 Å². The lowest BCUT2D eigenvalue weighted by molar-refractivity contribution is 0.868. The molecule has 0 N–H and O–H groups in total. The van der Waals surface area contributed by atoms with Crippen LogP contribution in [0.2, 0.25) is 0 Å². The molecule has 13 heavy (non-hydrogen) atoms. The second kappa shape index (κ2) is 3.29. The smallest absolute Gasteiger partial charge is 0.105 e. The van der Waals surface area contributed by atoms with Crippen LogP contribution >= 0.6 is 22.9 Å². The summed E-state index contributed by atoms with van der Waals surface area (Å²) >= 11 is 2.24. The molecule has 1 heterocycles. The van der Waals surface area contributed by atoms with Crippen molar-refractivity contribution in [2.24, 2.45) is 0 Å². The maximum atomic E-state index is 4.32. The predicted molar refractivity (Wildman–Crippen MR) is 63.2 cm³/mol. The molecule has 0 saturated heterocycles. The highest BCUT2D eigenvalue weighted by Crippen LogP contribution is 2.21. The lowest BCUT2D eigenvalue weighted by Gasteiger charge is -2.03. The van der Waals surface area contributed by atoms with Crippen molar-refractivity contribution in [3.05, 3.63) is 30.1 Å². The van der Waals surface area contributed by atoms with Gasteiger partial charge in [-0.25, -0.2) is 4.98 Å². The number of hydrogen-bond donors (Lipinski definition) is 0. The zero-order chi connectivity index (χ0) is 9.42. The van der Waals surface area contributed by atoms with Crippen molar-refractivity contribution in [2.45, 2.75) is 19.8 Å². The van der Waals surface area contributed by atoms with E-state index in [1.807, 2.05) is 9.11 Å². The van der Waals surface area contributed by atoms with Gasteiger partial charge in [0.1, 0.15) is 6.33 Å². The van der Waals surface area contributed by atoms with Crippen LogP contribution < -0.4 is 0 Å². The first kappa shape index (κ1) is 8.99. The first-order valence-corrected chi connectivity index (χ1v) is 5.28. The monoisotopic (exact) mass is 286 g/mol. The van der Waals surface area contributed by atoms with Crippen molar-refractivity contribution in [1.29, 1.82) is 0 Å². The summed E-state index contributed by atoms with van der Waals surface area (Å²) in [5, 5.41) is 0. The Morgan fingerprint density at radius 1 is 1.38 bits per heavy atom. The fourth-order valence-electron chi connectivity index (χ4n) is 1.36. The molecule has 2 rings (SSSR count). The molecule has 0 aliphatic rings. The fourth-order valence-corrected chi connectivity index (χ4v) is 1.89. The zero-order valence-corrected chi connectivity index (χ0v) is 9.82. The molecule has 0 radical (unpaired) electrons. The van der Waals surface area contributed by atoms with Crippen molar-refractivity contribution in [2.75, 3.05) is 0 Å². The molecule has 3 heteroatoms. The van der Waals surface area contributed by atoms with E-state index in [0.717, 1.165) is 5.52 Å². The molecule has 2 nitrogen and oxygen atoms in total. The van der Waals surface area contributed by atoms with Gasteiger partial charge in [0.25, 0.3) is 0 Å². The number of hydrogen-bond acceptors (Lipinski definition) is 1. The topological polar surface area (TPSA) is 17.8 Å². The molecule has 0 saturated carbocycles. The van der Waals surface area contributed by atoms with E-state index in [1.54, 1.807) is 0 Å². The minimum Gasteiger partial charge on any atom is -0.271 e. The largest absolute Gasteiger partial charge is 0.271 e. The molecular formula is C10H11IN2. The number of halogens is 1. The summed E-state index contributed by atoms with van der Waals surface area (Å²) in [7, 11) is 0. The third kappa shape index (κ3) is 1.57. The maximum Gasteiger partial charge on any atom is 0.105 e. The second-order valence-electron chi connectivity index (χ2n) is 3.46. The molecule has 0 fully saturated rings. The van der Waals surface area contributed by atoms with Crippen LogP contribution in [-0.2, 0) is 0 Å². The lowest BCUT2D eigenvalue weighted by Crippen LogP contribution is -1.86. The van der Waals surface area contributed by atoms with Crippen molar-refractivity contribution < 1.29 is 0 Å². The summed E-state index contributed by atoms with van der Waals surface area (Å²) in [6.45, 7) is 4.39. The first-order chi connectivity index (χ1) is 6.18. The van der Waals surface area contributed by atoms with Crippen molar-refractivity contribution in [3.8, 4) is 0 Å². The van der Waals surface area contributed by atoms with E-state index in [-0.39, 0.29) is 0 Å². The van der Waals surface area contributed by atoms with E-state index in [2.05, 4.69) is 59.9 Å². The first-order valence-electron chi connectivity index (χ1n) is 4.31. The van der Waals surface area contributed by atoms with E-state index in [1.165, 1.54) is 11.1 Å². The van der Waals surface area contributed by atoms with Gasteiger partial charge >= 0.3 is 0 Å². The highest BCUT2D eigenvalue weighted by atomic mass is 127. The van der Waals surface area contributed by atoms with Gasteiger partial charge in [-0.05, 0) is 23.6 Å². The normalized spacial score (nSPS) is 11.4. The van der Waals surface area contributed by atoms with Crippen LogP contribution in [0, 0.1) is 0 Å². The van der Waals surface area contributed by atoms with Gasteiger partial charge in [0.15, 0.2) is 0 Å². The van der Waals surface area contributed by atoms with Crippen molar-refractivity contribution >= 4 is 33.9 Å². The van der Waals surface area contributed by atoms with Gasteiger partial charge in [-0.15, -0.1) is 0 Å². The Labute approximate surface area is 91.5 Å². The number of fused-ring (bicyclic) bond motifs is 1. The standard InChI is InChI=1S/C10H11IN2/c1-7(2)8-3-4-10-9(5-8)12-6-13(10)11/h3-7H,1-2H3. The highest BCUT2D eigenvalue weighted by Gasteiger charge is 2.03. The van der Waals surface area contributed by atoms with Crippen LogP contribution in [0.1, 0.15) is 25.3 Å². The second-order valence-corrected chi connectivity index (χ2v) is 4.50. The number of rotatable bonds is 1. The minimum absolute atomic E-state index is 0.573. The summed E-state index contributed by atoms with van der Waals surface area (Å²) in [4.78, 5) is 4.32. The fraction of sp³-hybridized carbons (Fsp3) is 0.300. The predicted octanol–water partition coefficient (Wildman–Crippen LogP) is 3.36. The molecule has 0 bridgehead atoms. The Balaban J connectivity index is 2.63. The van der Waals surface area contributed by atoms with Crippen LogP contribution in [0.4, 0.5) is 0 Å². The Bertz CT molecular complexity index is 431. The Hall–Kier alpha value is -0.580. The molecule has 0 amide bonds. The molecule has 0 spiro atoms. The molecule has 0 aliphatic carbocycles. The van der Waals surface area contributed by atoms with Gasteiger partial charge < -0.3 is 0 Å². The number of aromatic nitrogens is 2. The van der Waals surface area contributed by atoms with Crippen molar-refractivity contribution in [1.82, 2.24) is 7.76 Å². The van der Waals surface area contributed by atoms with Crippen LogP contribution in [0.25, 0.3) is 11.0 Å². The number of imidazole rings is 1. The Morgan fingerprint density at radius 2 is 2.15 bits per heavy atom. The van der Waals surface area contributed by atoms with Crippen LogP contribution in [0.3, 0.4) is 0 Å². The van der Waals surface area contributed by atoms with Gasteiger partial charge in [-0.1, -0.05) is 19.9 Å². The third-order valence-corrected chi connectivity index (χ3v) is 2.96. The zero-order valence-electron chi connectivity index (χ0n) is 7.66. The number of nitrogens with zero attached hydrogens (tertiary/aromatic N) is 2. The van der Waals surface area contributed by atoms with Crippen molar-refractivity contribution in [3.63, 3.8) is 0 Å². The SMILES string of the molecule is CC(C)c1ccc2c(c1)ncn2I. The Kier molecular flexibility index (Phi) is 2.27. The molecule has 0 atom stereocenters. The summed E-state index contributed by atoms with van der Waals surface area (Å²) in [6.07, 6.45) is 1.84. The van der Waals surface area contributed by atoms with Crippen LogP contribution in [0.15, 0.2) is 24.5 Å². The lowest BCUT2D eigenvalue weighted by atomic mass is 10.0. The third-order valence-electron chi connectivity index (χ3n) is 2.19. The molecule has 68 valence electrons. The van der Waals surface area contributed by atoms with E-state index in [4.69, 9.17) is 0 Å². The maximum absolute atomic E-state index is 4.32. The molecular weight excluding hydrogens is 275 g/mol. The molecule has 1 aromatic carbocycles. The van der Waals surface area contributed by atoms with Crippen LogP contribution in [0.5, 0.6) is 0 Å². The minimum atomic E-state index is 0.573. The highest BCUT2D eigenvalue weighted by molar-refractivity contribution is 14.1. The molecule has 0 aliphatic heterocycles. The molecule has 2 aromatic rings. The average molecular weight is 286 g/mol. The van der Waals surface area contributed by atoms with Gasteiger partial charge in [0.2, 0.25) is 0 Å². The van der Waals surface area contributed by atoms with Crippen LogP contribution in [-0.4, -0.2) is 7.76 Å². The van der Waals surface area contributed by atoms with Gasteiger partial charge in [-0.2, -0.15) is 0 Å². The average Bonchev–Trinajstić information content (AvgIpc) is 2.47.